The third-order valence-electron chi connectivity index (χ3n) is 10.3. The molecule has 2 fully saturated rings. The van der Waals surface area contributed by atoms with E-state index in [9.17, 15) is 41.0 Å². The van der Waals surface area contributed by atoms with E-state index in [2.05, 4.69) is 20.2 Å². The van der Waals surface area contributed by atoms with E-state index in [1.165, 1.54) is 24.2 Å². The summed E-state index contributed by atoms with van der Waals surface area (Å²) in [5, 5.41) is 15.9. The monoisotopic (exact) mass is 784 g/mol. The highest BCUT2D eigenvalue weighted by atomic mass is 19.4. The highest BCUT2D eigenvalue weighted by Crippen LogP contribution is 2.47. The van der Waals surface area contributed by atoms with E-state index in [1.807, 2.05) is 0 Å². The first-order chi connectivity index (χ1) is 26.0. The van der Waals surface area contributed by atoms with Crippen molar-refractivity contribution >= 4 is 17.5 Å². The van der Waals surface area contributed by atoms with E-state index >= 15 is 8.78 Å². The molecule has 55 heavy (non-hydrogen) atoms. The molecule has 1 spiro atoms. The minimum atomic E-state index is -4.99. The molecule has 296 valence electrons. The van der Waals surface area contributed by atoms with Gasteiger partial charge in [-0.05, 0) is 69.0 Å². The lowest BCUT2D eigenvalue weighted by Crippen LogP contribution is -2.65. The van der Waals surface area contributed by atoms with E-state index in [1.54, 1.807) is 7.11 Å². The third-order valence-corrected chi connectivity index (χ3v) is 10.3. The molecule has 2 amide bonds. The molecule has 11 nitrogen and oxygen atoms in total. The molecular formula is C36H36F8N6O5. The summed E-state index contributed by atoms with van der Waals surface area (Å²) in [6, 6.07) is 4.61. The number of carbonyl (C=O) groups excluding carboxylic acids is 2. The Hall–Kier alpha value is -4.88. The summed E-state index contributed by atoms with van der Waals surface area (Å²) in [5.41, 5.74) is -6.93. The molecule has 0 unspecified atom stereocenters. The fraction of sp³-hybridized carbons (Fsp3) is 0.444. The number of hydrogen-bond acceptors (Lipinski definition) is 9. The molecule has 0 radical (unpaired) electrons. The molecule has 1 atom stereocenters. The van der Waals surface area contributed by atoms with Gasteiger partial charge in [0.2, 0.25) is 5.82 Å². The van der Waals surface area contributed by atoms with Crippen LogP contribution in [0.1, 0.15) is 48.9 Å². The van der Waals surface area contributed by atoms with Crippen molar-refractivity contribution in [3.05, 3.63) is 82.5 Å². The van der Waals surface area contributed by atoms with Gasteiger partial charge in [-0.3, -0.25) is 19.5 Å². The first kappa shape index (κ1) is 39.8. The highest BCUT2D eigenvalue weighted by Gasteiger charge is 2.55. The number of likely N-dealkylation sites (N-methyl/N-ethyl adjacent to an activating group) is 1. The van der Waals surface area contributed by atoms with Crippen molar-refractivity contribution in [3.8, 4) is 17.0 Å². The number of aromatic nitrogens is 2. The Morgan fingerprint density at radius 1 is 1.02 bits per heavy atom. The first-order valence-electron chi connectivity index (χ1n) is 17.2. The lowest BCUT2D eigenvalue weighted by atomic mass is 9.72. The summed E-state index contributed by atoms with van der Waals surface area (Å²) in [6.07, 6.45) is -6.73. The number of rotatable bonds is 11. The number of halogens is 8. The molecule has 2 N–H and O–H groups in total. The number of nitrogens with one attached hydrogen (secondary N) is 1. The maximum atomic E-state index is 15.6. The Morgan fingerprint density at radius 2 is 1.76 bits per heavy atom. The van der Waals surface area contributed by atoms with Gasteiger partial charge in [0.05, 0.1) is 35.6 Å². The lowest BCUT2D eigenvalue weighted by Gasteiger charge is -2.54. The van der Waals surface area contributed by atoms with Gasteiger partial charge in [-0.15, -0.1) is 0 Å². The largest absolute Gasteiger partial charge is 0.509 e. The molecule has 1 saturated carbocycles. The van der Waals surface area contributed by atoms with E-state index in [0.717, 1.165) is 30.5 Å². The third kappa shape index (κ3) is 7.82. The van der Waals surface area contributed by atoms with Gasteiger partial charge in [0, 0.05) is 37.9 Å². The summed E-state index contributed by atoms with van der Waals surface area (Å²) in [6.45, 7) is 1.45. The summed E-state index contributed by atoms with van der Waals surface area (Å²) >= 11 is 0. The molecule has 1 aromatic heterocycles. The molecule has 19 heteroatoms. The van der Waals surface area contributed by atoms with Crippen LogP contribution in [0, 0.1) is 11.6 Å². The van der Waals surface area contributed by atoms with E-state index < -0.39 is 87.4 Å². The van der Waals surface area contributed by atoms with Gasteiger partial charge in [0.15, 0.2) is 11.6 Å². The van der Waals surface area contributed by atoms with Crippen LogP contribution in [0.4, 0.5) is 40.8 Å². The predicted octanol–water partition coefficient (Wildman–Crippen LogP) is 6.51. The maximum absolute atomic E-state index is 15.6. The Kier molecular flexibility index (Phi) is 11.1. The highest BCUT2D eigenvalue weighted by molar-refractivity contribution is 6.24. The number of hydrogen-bond donors (Lipinski definition) is 2. The van der Waals surface area contributed by atoms with Gasteiger partial charge in [-0.1, -0.05) is 6.07 Å². The zero-order valence-corrected chi connectivity index (χ0v) is 29.5. The Bertz CT molecular complexity index is 1990. The minimum absolute atomic E-state index is 0.0309. The maximum Gasteiger partial charge on any atom is 0.433 e. The summed E-state index contributed by atoms with van der Waals surface area (Å²) < 4.78 is 123. The number of amides is 2. The Balaban J connectivity index is 1.28. The van der Waals surface area contributed by atoms with Gasteiger partial charge in [-0.25, -0.2) is 19.4 Å². The molecule has 6 rings (SSSR count). The van der Waals surface area contributed by atoms with Gasteiger partial charge in [0.1, 0.15) is 30.0 Å². The summed E-state index contributed by atoms with van der Waals surface area (Å²) in [7, 11) is 3.01. The van der Waals surface area contributed by atoms with Crippen molar-refractivity contribution in [1.82, 2.24) is 24.9 Å². The number of benzene rings is 2. The number of nitrogens with zero attached hydrogens (tertiary/aromatic N) is 5. The molecule has 1 saturated heterocycles. The molecule has 1 aliphatic carbocycles. The number of methoxy groups -OCH3 is 1. The van der Waals surface area contributed by atoms with Crippen LogP contribution in [-0.2, 0) is 33.2 Å². The Labute approximate surface area is 309 Å². The number of likely N-dealkylation sites (tertiary alicyclic amines) is 1. The first-order valence-corrected chi connectivity index (χ1v) is 17.2. The van der Waals surface area contributed by atoms with Crippen LogP contribution in [0.15, 0.2) is 54.1 Å². The van der Waals surface area contributed by atoms with Crippen LogP contribution in [0.2, 0.25) is 0 Å². The molecule has 2 aromatic carbocycles. The molecule has 3 heterocycles. The summed E-state index contributed by atoms with van der Waals surface area (Å²) in [4.78, 5) is 36.8. The SMILES string of the molecule is COCCN1CCC[C@H]1COc1ccc(CN2C(=O)C(C(=O)Nc3ccc(C(F)(F)F)cc3-c3cc(C(F)(F)F)ncn3)=C(O)C3(CCC3)N2C)c(F)c1F. The van der Waals surface area contributed by atoms with Crippen molar-refractivity contribution in [2.45, 2.75) is 62.6 Å². The number of ether oxygens (including phenoxy) is 2. The van der Waals surface area contributed by atoms with Crippen LogP contribution >= 0.6 is 0 Å². The number of hydrazine groups is 1. The second-order valence-electron chi connectivity index (χ2n) is 13.5. The van der Waals surface area contributed by atoms with Gasteiger partial charge in [-0.2, -0.15) is 30.7 Å². The number of anilines is 1. The normalized spacial score (nSPS) is 19.3. The number of alkyl halides is 6. The van der Waals surface area contributed by atoms with Crippen LogP contribution in [0.5, 0.6) is 5.75 Å². The molecular weight excluding hydrogens is 748 g/mol. The molecule has 3 aliphatic rings. The second-order valence-corrected chi connectivity index (χ2v) is 13.5. The van der Waals surface area contributed by atoms with Crippen LogP contribution in [0.3, 0.4) is 0 Å². The van der Waals surface area contributed by atoms with Crippen molar-refractivity contribution in [1.29, 1.82) is 0 Å². The topological polar surface area (TPSA) is 120 Å². The van der Waals surface area contributed by atoms with Gasteiger partial charge >= 0.3 is 12.4 Å². The van der Waals surface area contributed by atoms with Crippen molar-refractivity contribution in [3.63, 3.8) is 0 Å². The van der Waals surface area contributed by atoms with Crippen LogP contribution < -0.4 is 10.1 Å². The second kappa shape index (κ2) is 15.3. The average Bonchev–Trinajstić information content (AvgIpc) is 3.56. The van der Waals surface area contributed by atoms with Gasteiger partial charge in [0.25, 0.3) is 11.8 Å². The van der Waals surface area contributed by atoms with E-state index in [4.69, 9.17) is 9.47 Å². The molecule has 3 aromatic rings. The zero-order valence-electron chi connectivity index (χ0n) is 29.5. The Morgan fingerprint density at radius 3 is 2.42 bits per heavy atom. The number of aliphatic hydroxyl groups is 1. The van der Waals surface area contributed by atoms with E-state index in [0.29, 0.717) is 44.1 Å². The van der Waals surface area contributed by atoms with Crippen LogP contribution in [0.25, 0.3) is 11.3 Å². The van der Waals surface area contributed by atoms with Gasteiger partial charge < -0.3 is 19.9 Å². The van der Waals surface area contributed by atoms with Crippen molar-refractivity contribution in [2.75, 3.05) is 45.8 Å². The quantitative estimate of drug-likeness (QED) is 0.166. The number of aliphatic hydroxyl groups excluding tert-OH is 1. The predicted molar refractivity (Wildman–Crippen MR) is 179 cm³/mol. The van der Waals surface area contributed by atoms with Crippen LogP contribution in [-0.4, -0.2) is 93.8 Å². The fourth-order valence-corrected chi connectivity index (χ4v) is 7.06. The fourth-order valence-electron chi connectivity index (χ4n) is 7.06. The summed E-state index contributed by atoms with van der Waals surface area (Å²) in [5.74, 6) is -6.11. The lowest BCUT2D eigenvalue weighted by molar-refractivity contribution is -0.172. The van der Waals surface area contributed by atoms with Crippen molar-refractivity contribution in [2.24, 2.45) is 0 Å². The molecule has 2 aliphatic heterocycles. The molecule has 0 bridgehead atoms. The van der Waals surface area contributed by atoms with Crippen molar-refractivity contribution < 1.29 is 59.3 Å². The average molecular weight is 785 g/mol. The minimum Gasteiger partial charge on any atom is -0.509 e. The zero-order chi connectivity index (χ0) is 39.9. The van der Waals surface area contributed by atoms with E-state index in [-0.39, 0.29) is 36.8 Å². The smallest absolute Gasteiger partial charge is 0.433 e. The number of carbonyl (C=O) groups is 2. The standard InChI is InChI=1S/C36H36F8N6O5/c1-48-34(10-4-11-34)31(51)28(32(52)47-24-8-7-21(35(39,40)41)15-23(24)25-16-27(36(42,43)44)46-19-45-25)33(53)50(48)17-20-6-9-26(30(38)29(20)37)55-18-22-5-3-12-49(22)13-14-54-2/h6-9,15-16,19,22,51H,3-5,10-14,17-18H2,1-2H3,(H,47,52)/t22-/m0/s1.